The molecule has 25 rings (SSSR count). The molecule has 0 amide bonds. The lowest BCUT2D eigenvalue weighted by atomic mass is 9.94. The Kier molecular flexibility index (Phi) is 24.0. The zero-order valence-corrected chi connectivity index (χ0v) is 85.3. The summed E-state index contributed by atoms with van der Waals surface area (Å²) in [5.74, 6) is 0. The third-order valence-electron chi connectivity index (χ3n) is 28.1. The van der Waals surface area contributed by atoms with Gasteiger partial charge in [-0.25, -0.2) is 47.8 Å². The number of aromatic nitrogens is 10. The number of pyridine rings is 10. The first kappa shape index (κ1) is 90.3. The highest BCUT2D eigenvalue weighted by Crippen LogP contribution is 2.46. The van der Waals surface area contributed by atoms with Gasteiger partial charge in [0.15, 0.2) is 58.9 Å². The molecule has 0 fully saturated rings. The average molecular weight is 1900 g/mol. The highest BCUT2D eigenvalue weighted by molar-refractivity contribution is 6.14. The molecule has 0 unspecified atom stereocenters. The summed E-state index contributed by atoms with van der Waals surface area (Å²) in [5, 5.41) is 10.7. The fourth-order valence-corrected chi connectivity index (χ4v) is 20.8. The summed E-state index contributed by atoms with van der Waals surface area (Å²) in [7, 11) is 10.2. The molecule has 0 saturated carbocycles. The van der Waals surface area contributed by atoms with E-state index in [0.29, 0.717) is 39.7 Å². The molecule has 0 N–H and O–H groups in total. The Hall–Kier alpha value is -17.3. The number of nitrogens with zero attached hydrogens (tertiary/aromatic N) is 10. The van der Waals surface area contributed by atoms with E-state index < -0.39 is 6.85 Å². The maximum Gasteiger partial charge on any atom is 0.227 e. The number of hydrogen-bond donors (Lipinski definition) is 0. The van der Waals surface area contributed by atoms with Crippen LogP contribution in [-0.2, 0) is 35.2 Å². The molecule has 10 aromatic carbocycles. The van der Waals surface area contributed by atoms with Crippen molar-refractivity contribution in [1.82, 2.24) is 24.9 Å². The fourth-order valence-electron chi connectivity index (χ4n) is 20.8. The predicted molar refractivity (Wildman–Crippen MR) is 589 cm³/mol. The Bertz CT molecular complexity index is 9560. The summed E-state index contributed by atoms with van der Waals surface area (Å²) >= 11 is 0. The highest BCUT2D eigenvalue weighted by Gasteiger charge is 2.31. The van der Waals surface area contributed by atoms with Crippen LogP contribution in [0.25, 0.3) is 222 Å². The zero-order chi connectivity index (χ0) is 103. The minimum Gasteiger partial charge on any atom is -0.437 e. The van der Waals surface area contributed by atoms with Crippen molar-refractivity contribution in [3.63, 3.8) is 0 Å². The molecule has 0 saturated heterocycles. The molecular formula is C130H115N10O5+5. The van der Waals surface area contributed by atoms with Gasteiger partial charge >= 0.3 is 0 Å². The Morgan fingerprint density at radius 2 is 0.448 bits per heavy atom. The van der Waals surface area contributed by atoms with Gasteiger partial charge in [0.05, 0.1) is 27.8 Å². The van der Waals surface area contributed by atoms with Crippen LogP contribution in [0.15, 0.2) is 356 Å². The van der Waals surface area contributed by atoms with Gasteiger partial charge in [0, 0.05) is 146 Å². The lowest BCUT2D eigenvalue weighted by Gasteiger charge is -2.11. The van der Waals surface area contributed by atoms with Gasteiger partial charge in [0.2, 0.25) is 57.0 Å². The molecule has 710 valence electrons. The van der Waals surface area contributed by atoms with E-state index in [0.717, 1.165) is 178 Å². The van der Waals surface area contributed by atoms with Crippen LogP contribution in [-0.4, -0.2) is 24.9 Å². The highest BCUT2D eigenvalue weighted by atomic mass is 16.4. The van der Waals surface area contributed by atoms with Gasteiger partial charge in [-0.15, -0.1) is 0 Å². The van der Waals surface area contributed by atoms with Crippen LogP contribution in [0.2, 0.25) is 0 Å². The fraction of sp³-hybridized carbons (Fsp3) is 0.154. The summed E-state index contributed by atoms with van der Waals surface area (Å²) in [6.45, 7) is 26.9. The minimum absolute atomic E-state index is 0.321. The molecular weight excluding hydrogens is 1780 g/mol. The van der Waals surface area contributed by atoms with Crippen LogP contribution in [0.3, 0.4) is 0 Å². The van der Waals surface area contributed by atoms with Gasteiger partial charge < -0.3 is 22.1 Å². The quantitative estimate of drug-likeness (QED) is 0.121. The molecule has 0 radical (unpaired) electrons. The van der Waals surface area contributed by atoms with Gasteiger partial charge in [-0.3, -0.25) is 0 Å². The smallest absolute Gasteiger partial charge is 0.227 e. The van der Waals surface area contributed by atoms with Crippen LogP contribution in [0.4, 0.5) is 0 Å². The number of fused-ring (bicyclic) bond motifs is 15. The van der Waals surface area contributed by atoms with Gasteiger partial charge in [-0.1, -0.05) is 200 Å². The molecule has 15 nitrogen and oxygen atoms in total. The van der Waals surface area contributed by atoms with E-state index in [9.17, 15) is 0 Å². The van der Waals surface area contributed by atoms with Crippen LogP contribution in [0.5, 0.6) is 0 Å². The van der Waals surface area contributed by atoms with Crippen LogP contribution < -0.4 is 22.8 Å². The minimum atomic E-state index is -2.23. The summed E-state index contributed by atoms with van der Waals surface area (Å²) in [5.41, 5.74) is 45.7. The van der Waals surface area contributed by atoms with Crippen molar-refractivity contribution >= 4 is 110 Å². The molecule has 15 heterocycles. The normalized spacial score (nSPS) is 11.8. The second-order valence-electron chi connectivity index (χ2n) is 38.6. The monoisotopic (exact) mass is 1900 g/mol. The topological polar surface area (TPSA) is 150 Å². The van der Waals surface area contributed by atoms with Crippen LogP contribution in [0.1, 0.15) is 88.2 Å². The average Bonchev–Trinajstić information content (AvgIpc) is 1.52. The Morgan fingerprint density at radius 1 is 0.200 bits per heavy atom. The van der Waals surface area contributed by atoms with E-state index >= 15 is 0 Å². The Balaban J connectivity index is 0.000000108. The third kappa shape index (κ3) is 17.8. The van der Waals surface area contributed by atoms with Crippen molar-refractivity contribution in [2.75, 3.05) is 0 Å². The van der Waals surface area contributed by atoms with Crippen LogP contribution in [0, 0.1) is 104 Å². The second kappa shape index (κ2) is 38.6. The summed E-state index contributed by atoms with van der Waals surface area (Å²) in [6.07, 6.45) is 10.3. The lowest BCUT2D eigenvalue weighted by molar-refractivity contribution is -0.660. The molecule has 25 aromatic rings. The largest absolute Gasteiger partial charge is 0.437 e. The van der Waals surface area contributed by atoms with Gasteiger partial charge in [0.1, 0.15) is 35.2 Å². The van der Waals surface area contributed by atoms with Crippen molar-refractivity contribution in [3.8, 4) is 112 Å². The molecule has 0 aliphatic rings. The summed E-state index contributed by atoms with van der Waals surface area (Å²) in [4.78, 5) is 23.0. The SMILES string of the molecule is Cc1ccc2c(n1)oc1c(-c3cc(-c4ccccc4)c(C)c[n+]3C)c(C)cc(C)c12.Cc1ccc2c(n1)oc1c(-c3cc(-c4ccccc4)c(C)c[n+]3C)c(C)ccc12.Cc1ccc2c(n1)oc1c(-c3cc(-c4ccccc4)cc[n+]3C)c(C)cc(C)c12.Cc1ccc2c(n1)oc1c(-c3cc(-c4ccccc4)cc[n+]3C)c(C)ccc12.[2H]C([2H])([2H])c1c[n+](C)c(-c2c(C)ccc3c2oc2nc(C)ccc23)cc1-c1ccccc1. The molecule has 0 atom stereocenters. The standard InChI is InChI=1S/C27H25N2O.3C26H23N2O.C25H21N2O/c1-16-13-17(2)25(26-24(16)21-12-11-19(4)28-27(21)30-26)23-14-22(18(3)15-29(23)5)20-9-7-6-8-10-20;2*1-16-10-12-20-21-13-11-18(3)27-26(21)29-25(20)24(16)23-14-22(17(2)15-28(23)4)19-8-6-5-7-9-19;1-16-14-17(2)24(25-23(16)21-11-10-18(3)27-26(21)29-25)22-15-20(12-13-28(22)4)19-8-6-5-7-9-19;1-16-9-11-20-21-12-10-17(2)26-25(21)28-24(20)23(16)22-15-19(13-14-27(22)3)18-7-5-4-6-8-18/h6-15H,1-5H3;3*5-15H,1-4H3;4-15H,1-3H3/q5*+1/i;2D3;;;. The van der Waals surface area contributed by atoms with Crippen molar-refractivity contribution in [1.29, 1.82) is 0 Å². The van der Waals surface area contributed by atoms with E-state index in [4.69, 9.17) is 26.2 Å². The lowest BCUT2D eigenvalue weighted by Crippen LogP contribution is -2.31. The van der Waals surface area contributed by atoms with Crippen molar-refractivity contribution in [2.24, 2.45) is 35.2 Å². The number of hydrogen-bond acceptors (Lipinski definition) is 10. The first-order valence-electron chi connectivity index (χ1n) is 50.7. The number of benzene rings is 10. The Labute approximate surface area is 848 Å². The number of aryl methyl sites for hydroxylation is 20. The molecule has 0 spiro atoms. The molecule has 0 bridgehead atoms. The Morgan fingerprint density at radius 3 is 0.752 bits per heavy atom. The number of furan rings is 5. The maximum absolute atomic E-state index is 8.09. The van der Waals surface area contributed by atoms with Crippen molar-refractivity contribution in [2.45, 2.75) is 104 Å². The van der Waals surface area contributed by atoms with E-state index in [-0.39, 0.29) is 0 Å². The van der Waals surface area contributed by atoms with Crippen molar-refractivity contribution in [3.05, 3.63) is 418 Å². The summed E-state index contributed by atoms with van der Waals surface area (Å²) < 4.78 is 66.5. The molecule has 15 heteroatoms. The first-order valence-corrected chi connectivity index (χ1v) is 49.2. The molecule has 0 aliphatic heterocycles. The molecule has 0 aliphatic carbocycles. The second-order valence-corrected chi connectivity index (χ2v) is 38.6. The molecule has 145 heavy (non-hydrogen) atoms. The first-order chi connectivity index (χ1) is 71.3. The van der Waals surface area contributed by atoms with E-state index in [1.807, 2.05) is 132 Å². The van der Waals surface area contributed by atoms with Gasteiger partial charge in [0.25, 0.3) is 0 Å². The zero-order valence-electron chi connectivity index (χ0n) is 88.3. The van der Waals surface area contributed by atoms with Gasteiger partial charge in [-0.2, -0.15) is 0 Å². The van der Waals surface area contributed by atoms with E-state index in [1.54, 1.807) is 6.20 Å². The number of rotatable bonds is 10. The maximum atomic E-state index is 8.09. The molecule has 15 aromatic heterocycles. The van der Waals surface area contributed by atoms with Gasteiger partial charge in [-0.05, 0) is 259 Å². The summed E-state index contributed by atoms with van der Waals surface area (Å²) in [6, 6.07) is 105. The van der Waals surface area contributed by atoms with E-state index in [2.05, 4.69) is 376 Å². The van der Waals surface area contributed by atoms with Crippen molar-refractivity contribution < 1.29 is 49.0 Å². The van der Waals surface area contributed by atoms with E-state index in [1.165, 1.54) is 89.0 Å². The third-order valence-corrected chi connectivity index (χ3v) is 28.1. The predicted octanol–water partition coefficient (Wildman–Crippen LogP) is 30.3. The van der Waals surface area contributed by atoms with Crippen LogP contribution >= 0.6 is 0 Å².